The molecule has 0 amide bonds. The molecule has 27 heavy (non-hydrogen) atoms. The van der Waals surface area contributed by atoms with Crippen LogP contribution >= 0.6 is 0 Å². The molecule has 0 saturated heterocycles. The van der Waals surface area contributed by atoms with Gasteiger partial charge in [-0.05, 0) is 24.6 Å². The Hall–Kier alpha value is -2.62. The van der Waals surface area contributed by atoms with Crippen molar-refractivity contribution in [3.63, 3.8) is 0 Å². The van der Waals surface area contributed by atoms with Crippen LogP contribution in [0.15, 0.2) is 29.3 Å². The molecule has 0 aliphatic carbocycles. The zero-order valence-electron chi connectivity index (χ0n) is 15.5. The summed E-state index contributed by atoms with van der Waals surface area (Å²) in [6, 6.07) is 4.95. The second-order valence-corrected chi connectivity index (χ2v) is 5.86. The molecule has 0 radical (unpaired) electrons. The van der Waals surface area contributed by atoms with E-state index in [1.54, 1.807) is 7.11 Å². The molecule has 0 saturated carbocycles. The van der Waals surface area contributed by atoms with Gasteiger partial charge in [-0.1, -0.05) is 12.1 Å². The number of benzene rings is 1. The van der Waals surface area contributed by atoms with Crippen LogP contribution in [0.1, 0.15) is 22.8 Å². The van der Waals surface area contributed by atoms with Crippen LogP contribution in [0.25, 0.3) is 0 Å². The zero-order valence-corrected chi connectivity index (χ0v) is 15.5. The summed E-state index contributed by atoms with van der Waals surface area (Å²) in [5, 5.41) is 14.3. The quantitative estimate of drug-likeness (QED) is 0.434. The van der Waals surface area contributed by atoms with Gasteiger partial charge in [0, 0.05) is 20.7 Å². The monoisotopic (exact) mass is 384 g/mol. The molecule has 0 spiro atoms. The van der Waals surface area contributed by atoms with E-state index in [2.05, 4.69) is 25.8 Å². The van der Waals surface area contributed by atoms with Crippen LogP contribution in [-0.4, -0.2) is 41.0 Å². The molecule has 0 unspecified atom stereocenters. The number of rotatable bonds is 7. The Balaban J connectivity index is 2.02. The smallest absolute Gasteiger partial charge is 0.383 e. The first-order chi connectivity index (χ1) is 12.8. The molecule has 148 valence electrons. The minimum atomic E-state index is -4.34. The van der Waals surface area contributed by atoms with Crippen molar-refractivity contribution in [2.45, 2.75) is 26.2 Å². The first-order valence-electron chi connectivity index (χ1n) is 8.33. The molecule has 0 aliphatic rings. The molecular formula is C17H23F3N6O. The molecule has 7 nitrogen and oxygen atoms in total. The van der Waals surface area contributed by atoms with E-state index in [9.17, 15) is 13.2 Å². The van der Waals surface area contributed by atoms with Gasteiger partial charge in [0.15, 0.2) is 11.8 Å². The van der Waals surface area contributed by atoms with Crippen molar-refractivity contribution in [1.82, 2.24) is 25.4 Å². The molecule has 0 atom stereocenters. The van der Waals surface area contributed by atoms with Crippen molar-refractivity contribution in [1.29, 1.82) is 0 Å². The fourth-order valence-corrected chi connectivity index (χ4v) is 2.18. The second-order valence-electron chi connectivity index (χ2n) is 5.86. The highest BCUT2D eigenvalue weighted by Gasteiger charge is 2.29. The van der Waals surface area contributed by atoms with Gasteiger partial charge in [-0.3, -0.25) is 0 Å². The average Bonchev–Trinajstić information content (AvgIpc) is 2.95. The number of hydrogen-bond acceptors (Lipinski definition) is 4. The summed E-state index contributed by atoms with van der Waals surface area (Å²) in [5.74, 6) is 2.04. The average molecular weight is 384 g/mol. The van der Waals surface area contributed by atoms with Crippen LogP contribution < -0.4 is 10.6 Å². The van der Waals surface area contributed by atoms with Crippen molar-refractivity contribution < 1.29 is 17.9 Å². The lowest BCUT2D eigenvalue weighted by Crippen LogP contribution is -2.39. The number of ether oxygens (including phenoxy) is 1. The molecule has 2 N–H and O–H groups in total. The van der Waals surface area contributed by atoms with Crippen LogP contribution in [0, 0.1) is 6.92 Å². The maximum absolute atomic E-state index is 12.6. The van der Waals surface area contributed by atoms with E-state index in [-0.39, 0.29) is 6.54 Å². The van der Waals surface area contributed by atoms with E-state index < -0.39 is 11.7 Å². The molecule has 1 aromatic heterocycles. The van der Waals surface area contributed by atoms with Gasteiger partial charge in [0.2, 0.25) is 0 Å². The van der Waals surface area contributed by atoms with Gasteiger partial charge in [-0.15, -0.1) is 10.2 Å². The van der Waals surface area contributed by atoms with Gasteiger partial charge in [0.05, 0.1) is 25.3 Å². The standard InChI is InChI=1S/C17H23F3N6O/c1-12-24-25-15(26(12)2)11-23-16(21-8-9-27-3)22-10-13-4-6-14(7-5-13)17(18,19)20/h4-7H,8-11H2,1-3H3,(H2,21,22,23). The van der Waals surface area contributed by atoms with E-state index in [4.69, 9.17) is 4.74 Å². The molecule has 2 rings (SSSR count). The number of nitrogens with zero attached hydrogens (tertiary/aromatic N) is 4. The summed E-state index contributed by atoms with van der Waals surface area (Å²) >= 11 is 0. The van der Waals surface area contributed by atoms with Crippen LogP contribution in [-0.2, 0) is 31.1 Å². The highest BCUT2D eigenvalue weighted by molar-refractivity contribution is 5.79. The predicted molar refractivity (Wildman–Crippen MR) is 95.0 cm³/mol. The summed E-state index contributed by atoms with van der Waals surface area (Å²) in [6.45, 7) is 3.52. The van der Waals surface area contributed by atoms with Crippen molar-refractivity contribution in [2.24, 2.45) is 12.0 Å². The van der Waals surface area contributed by atoms with Crippen LogP contribution in [0.3, 0.4) is 0 Å². The normalized spacial score (nSPS) is 12.3. The SMILES string of the molecule is COCCNC(=NCc1ccc(C(F)(F)F)cc1)NCc1nnc(C)n1C. The number of alkyl halides is 3. The number of aryl methyl sites for hydroxylation is 1. The lowest BCUT2D eigenvalue weighted by atomic mass is 10.1. The Morgan fingerprint density at radius 1 is 1.19 bits per heavy atom. The van der Waals surface area contributed by atoms with Crippen LogP contribution in [0.5, 0.6) is 0 Å². The summed E-state index contributed by atoms with van der Waals surface area (Å²) in [6.07, 6.45) is -4.34. The Morgan fingerprint density at radius 2 is 1.89 bits per heavy atom. The number of aromatic nitrogens is 3. The molecule has 0 fully saturated rings. The number of hydrogen-bond donors (Lipinski definition) is 2. The summed E-state index contributed by atoms with van der Waals surface area (Å²) in [5.41, 5.74) is -0.00482. The summed E-state index contributed by atoms with van der Waals surface area (Å²) in [7, 11) is 3.46. The van der Waals surface area contributed by atoms with E-state index in [1.165, 1.54) is 12.1 Å². The maximum Gasteiger partial charge on any atom is 0.416 e. The van der Waals surface area contributed by atoms with Crippen molar-refractivity contribution in [3.05, 3.63) is 47.0 Å². The molecular weight excluding hydrogens is 361 g/mol. The fourth-order valence-electron chi connectivity index (χ4n) is 2.18. The van der Waals surface area contributed by atoms with Gasteiger partial charge in [0.1, 0.15) is 5.82 Å². The topological polar surface area (TPSA) is 76.4 Å². The Labute approximate surface area is 155 Å². The predicted octanol–water partition coefficient (Wildman–Crippen LogP) is 2.02. The molecule has 1 heterocycles. The van der Waals surface area contributed by atoms with Gasteiger partial charge in [-0.2, -0.15) is 13.2 Å². The van der Waals surface area contributed by atoms with Crippen molar-refractivity contribution in [2.75, 3.05) is 20.3 Å². The Bertz CT molecular complexity index is 755. The van der Waals surface area contributed by atoms with Gasteiger partial charge in [0.25, 0.3) is 0 Å². The van der Waals surface area contributed by atoms with Crippen LogP contribution in [0.2, 0.25) is 0 Å². The van der Waals surface area contributed by atoms with E-state index >= 15 is 0 Å². The second kappa shape index (κ2) is 9.36. The van der Waals surface area contributed by atoms with Crippen molar-refractivity contribution >= 4 is 5.96 Å². The lowest BCUT2D eigenvalue weighted by Gasteiger charge is -2.12. The maximum atomic E-state index is 12.6. The highest BCUT2D eigenvalue weighted by atomic mass is 19.4. The summed E-state index contributed by atoms with van der Waals surface area (Å²) in [4.78, 5) is 4.41. The third kappa shape index (κ3) is 6.24. The fraction of sp³-hybridized carbons (Fsp3) is 0.471. The van der Waals surface area contributed by atoms with E-state index in [0.29, 0.717) is 31.2 Å². The number of nitrogens with one attached hydrogen (secondary N) is 2. The van der Waals surface area contributed by atoms with Gasteiger partial charge in [-0.25, -0.2) is 4.99 Å². The van der Waals surface area contributed by atoms with E-state index in [0.717, 1.165) is 23.8 Å². The number of methoxy groups -OCH3 is 1. The summed E-state index contributed by atoms with van der Waals surface area (Å²) < 4.78 is 44.8. The Morgan fingerprint density at radius 3 is 2.44 bits per heavy atom. The third-order valence-electron chi connectivity index (χ3n) is 3.90. The Kier molecular flexibility index (Phi) is 7.17. The van der Waals surface area contributed by atoms with Gasteiger partial charge >= 0.3 is 6.18 Å². The van der Waals surface area contributed by atoms with Crippen LogP contribution in [0.4, 0.5) is 13.2 Å². The number of halogens is 3. The lowest BCUT2D eigenvalue weighted by molar-refractivity contribution is -0.137. The zero-order chi connectivity index (χ0) is 19.9. The van der Waals surface area contributed by atoms with E-state index in [1.807, 2.05) is 18.5 Å². The molecule has 2 aromatic rings. The van der Waals surface area contributed by atoms with Gasteiger partial charge < -0.3 is 19.9 Å². The molecule has 0 bridgehead atoms. The minimum absolute atomic E-state index is 0.234. The third-order valence-corrected chi connectivity index (χ3v) is 3.90. The first kappa shape index (κ1) is 20.7. The van der Waals surface area contributed by atoms with Crippen molar-refractivity contribution in [3.8, 4) is 0 Å². The number of aliphatic imine (C=N–C) groups is 1. The molecule has 1 aromatic carbocycles. The molecule has 0 aliphatic heterocycles. The highest BCUT2D eigenvalue weighted by Crippen LogP contribution is 2.29. The minimum Gasteiger partial charge on any atom is -0.383 e. The largest absolute Gasteiger partial charge is 0.416 e. The first-order valence-corrected chi connectivity index (χ1v) is 8.33. The molecule has 10 heteroatoms. The number of guanidine groups is 1.